The van der Waals surface area contributed by atoms with Crippen LogP contribution >= 0.6 is 0 Å². The van der Waals surface area contributed by atoms with Gasteiger partial charge in [0.1, 0.15) is 0 Å². The minimum Gasteiger partial charge on any atom is -0.493 e. The van der Waals surface area contributed by atoms with E-state index >= 15 is 0 Å². The second kappa shape index (κ2) is 10.7. The first-order chi connectivity index (χ1) is 14.7. The number of amides is 1. The Balaban J connectivity index is 2.05. The van der Waals surface area contributed by atoms with Crippen LogP contribution in [0.15, 0.2) is 42.5 Å². The van der Waals surface area contributed by atoms with Gasteiger partial charge < -0.3 is 19.1 Å². The summed E-state index contributed by atoms with van der Waals surface area (Å²) in [6, 6.07) is 11.3. The Labute approximate surface area is 182 Å². The van der Waals surface area contributed by atoms with Crippen molar-refractivity contribution in [1.82, 2.24) is 4.90 Å². The second-order valence-electron chi connectivity index (χ2n) is 6.59. The number of nitrogens with one attached hydrogen (secondary N) is 1. The number of benzene rings is 2. The molecule has 0 aromatic heterocycles. The number of hydrogen-bond acceptors (Lipinski definition) is 7. The fourth-order valence-corrected chi connectivity index (χ4v) is 3.40. The molecule has 168 valence electrons. The topological polar surface area (TPSA) is 111 Å². The second-order valence-corrected chi connectivity index (χ2v) is 8.34. The molecule has 0 aliphatic carbocycles. The standard InChI is InChI=1S/C21H26N2O7S/c1-5-23(13-15-10-11-18(28-2)19(12-15)29-3)20(24)14-30-21(25)16-8-6-7-9-17(16)22-31(4,26)27/h6-12,22H,5,13-14H2,1-4H3. The van der Waals surface area contributed by atoms with Crippen molar-refractivity contribution in [3.05, 3.63) is 53.6 Å². The highest BCUT2D eigenvalue weighted by molar-refractivity contribution is 7.92. The summed E-state index contributed by atoms with van der Waals surface area (Å²) in [5.41, 5.74) is 0.922. The van der Waals surface area contributed by atoms with Crippen LogP contribution in [0.2, 0.25) is 0 Å². The molecule has 31 heavy (non-hydrogen) atoms. The van der Waals surface area contributed by atoms with Crippen molar-refractivity contribution in [2.75, 3.05) is 38.3 Å². The van der Waals surface area contributed by atoms with Crippen LogP contribution in [0.5, 0.6) is 11.5 Å². The quantitative estimate of drug-likeness (QED) is 0.553. The third kappa shape index (κ3) is 6.88. The Hall–Kier alpha value is -3.27. The third-order valence-electron chi connectivity index (χ3n) is 4.32. The maximum atomic E-state index is 12.6. The lowest BCUT2D eigenvalue weighted by Crippen LogP contribution is -2.34. The number of sulfonamides is 1. The number of nitrogens with zero attached hydrogens (tertiary/aromatic N) is 1. The first-order valence-electron chi connectivity index (χ1n) is 9.41. The highest BCUT2D eigenvalue weighted by atomic mass is 32.2. The molecule has 2 aromatic rings. The van der Waals surface area contributed by atoms with Crippen molar-refractivity contribution in [3.63, 3.8) is 0 Å². The van der Waals surface area contributed by atoms with Gasteiger partial charge >= 0.3 is 5.97 Å². The van der Waals surface area contributed by atoms with Crippen molar-refractivity contribution in [2.24, 2.45) is 0 Å². The third-order valence-corrected chi connectivity index (χ3v) is 4.92. The van der Waals surface area contributed by atoms with Crippen molar-refractivity contribution < 1.29 is 32.2 Å². The Morgan fingerprint density at radius 2 is 1.71 bits per heavy atom. The summed E-state index contributed by atoms with van der Waals surface area (Å²) in [6.45, 7) is 2.02. The Morgan fingerprint density at radius 3 is 2.32 bits per heavy atom. The zero-order valence-electron chi connectivity index (χ0n) is 17.9. The number of esters is 1. The van der Waals surface area contributed by atoms with Crippen LogP contribution in [0.1, 0.15) is 22.8 Å². The summed E-state index contributed by atoms with van der Waals surface area (Å²) < 4.78 is 40.9. The molecule has 0 radical (unpaired) electrons. The molecule has 0 saturated heterocycles. The fraction of sp³-hybridized carbons (Fsp3) is 0.333. The molecule has 0 atom stereocenters. The smallest absolute Gasteiger partial charge is 0.340 e. The van der Waals surface area contributed by atoms with E-state index < -0.39 is 22.6 Å². The molecule has 0 unspecified atom stereocenters. The molecule has 1 amide bonds. The molecule has 2 aromatic carbocycles. The number of carbonyl (C=O) groups excluding carboxylic acids is 2. The van der Waals surface area contributed by atoms with E-state index in [2.05, 4.69) is 4.72 Å². The van der Waals surface area contributed by atoms with E-state index in [1.54, 1.807) is 24.3 Å². The van der Waals surface area contributed by atoms with Crippen LogP contribution in [0.4, 0.5) is 5.69 Å². The number of ether oxygens (including phenoxy) is 3. The monoisotopic (exact) mass is 450 g/mol. The van der Waals surface area contributed by atoms with Gasteiger partial charge in [0, 0.05) is 13.1 Å². The molecule has 0 heterocycles. The minimum absolute atomic E-state index is 0.0173. The molecule has 0 aliphatic heterocycles. The van der Waals surface area contributed by atoms with Gasteiger partial charge in [-0.1, -0.05) is 18.2 Å². The number of hydrogen-bond donors (Lipinski definition) is 1. The van der Waals surface area contributed by atoms with Gasteiger partial charge in [-0.25, -0.2) is 13.2 Å². The van der Waals surface area contributed by atoms with Crippen molar-refractivity contribution in [1.29, 1.82) is 0 Å². The zero-order valence-corrected chi connectivity index (χ0v) is 18.7. The van der Waals surface area contributed by atoms with E-state index in [1.165, 1.54) is 31.3 Å². The predicted octanol–water partition coefficient (Wildman–Crippen LogP) is 2.28. The van der Waals surface area contributed by atoms with Crippen molar-refractivity contribution in [2.45, 2.75) is 13.5 Å². The molecular weight excluding hydrogens is 424 g/mol. The van der Waals surface area contributed by atoms with Gasteiger partial charge in [-0.15, -0.1) is 0 Å². The Bertz CT molecular complexity index is 1040. The number of anilines is 1. The first kappa shape index (κ1) is 24.0. The minimum atomic E-state index is -3.58. The molecular formula is C21H26N2O7S. The van der Waals surface area contributed by atoms with Crippen LogP contribution < -0.4 is 14.2 Å². The molecule has 0 spiro atoms. The first-order valence-corrected chi connectivity index (χ1v) is 11.3. The highest BCUT2D eigenvalue weighted by Gasteiger charge is 2.19. The molecule has 1 N–H and O–H groups in total. The molecule has 2 rings (SSSR count). The van der Waals surface area contributed by atoms with E-state index in [4.69, 9.17) is 14.2 Å². The molecule has 0 aliphatic rings. The summed E-state index contributed by atoms with van der Waals surface area (Å²) in [4.78, 5) is 26.5. The van der Waals surface area contributed by atoms with Gasteiger partial charge in [0.05, 0.1) is 31.7 Å². The average Bonchev–Trinajstić information content (AvgIpc) is 2.74. The molecule has 0 bridgehead atoms. The number of para-hydroxylation sites is 1. The average molecular weight is 451 g/mol. The summed E-state index contributed by atoms with van der Waals surface area (Å²) in [5.74, 6) is -0.0673. The van der Waals surface area contributed by atoms with Crippen molar-refractivity contribution in [3.8, 4) is 11.5 Å². The highest BCUT2D eigenvalue weighted by Crippen LogP contribution is 2.28. The lowest BCUT2D eigenvalue weighted by Gasteiger charge is -2.21. The summed E-state index contributed by atoms with van der Waals surface area (Å²) in [6.07, 6.45) is 0.978. The van der Waals surface area contributed by atoms with E-state index in [1.807, 2.05) is 13.0 Å². The molecule has 10 heteroatoms. The number of rotatable bonds is 10. The molecule has 0 saturated carbocycles. The van der Waals surface area contributed by atoms with Gasteiger partial charge in [0.15, 0.2) is 18.1 Å². The van der Waals surface area contributed by atoms with Crippen LogP contribution in [0.25, 0.3) is 0 Å². The van der Waals surface area contributed by atoms with Crippen LogP contribution in [0.3, 0.4) is 0 Å². The van der Waals surface area contributed by atoms with E-state index in [0.717, 1.165) is 11.8 Å². The molecule has 0 fully saturated rings. The summed E-state index contributed by atoms with van der Waals surface area (Å²) in [5, 5.41) is 0. The summed E-state index contributed by atoms with van der Waals surface area (Å²) >= 11 is 0. The normalized spacial score (nSPS) is 10.8. The van der Waals surface area contributed by atoms with Gasteiger partial charge in [0.25, 0.3) is 5.91 Å². The predicted molar refractivity (Wildman–Crippen MR) is 116 cm³/mol. The van der Waals surface area contributed by atoms with Gasteiger partial charge in [-0.3, -0.25) is 9.52 Å². The van der Waals surface area contributed by atoms with Crippen LogP contribution in [0, 0.1) is 0 Å². The fourth-order valence-electron chi connectivity index (χ4n) is 2.82. The number of likely N-dealkylation sites (N-methyl/N-ethyl adjacent to an activating group) is 1. The van der Waals surface area contributed by atoms with E-state index in [0.29, 0.717) is 24.6 Å². The van der Waals surface area contributed by atoms with Crippen molar-refractivity contribution >= 4 is 27.6 Å². The lowest BCUT2D eigenvalue weighted by atomic mass is 10.2. The maximum absolute atomic E-state index is 12.6. The van der Waals surface area contributed by atoms with Gasteiger partial charge in [0.2, 0.25) is 10.0 Å². The Morgan fingerprint density at radius 1 is 1.03 bits per heavy atom. The molecule has 9 nitrogen and oxygen atoms in total. The Kier molecular flexibility index (Phi) is 8.26. The van der Waals surface area contributed by atoms with Crippen LogP contribution in [-0.4, -0.2) is 58.8 Å². The van der Waals surface area contributed by atoms with E-state index in [9.17, 15) is 18.0 Å². The number of carbonyl (C=O) groups is 2. The number of methoxy groups -OCH3 is 2. The summed E-state index contributed by atoms with van der Waals surface area (Å²) in [7, 11) is -0.512. The largest absolute Gasteiger partial charge is 0.493 e. The SMILES string of the molecule is CCN(Cc1ccc(OC)c(OC)c1)C(=O)COC(=O)c1ccccc1NS(C)(=O)=O. The zero-order chi connectivity index (χ0) is 23.0. The van der Waals surface area contributed by atoms with Crippen LogP contribution in [-0.2, 0) is 26.1 Å². The van der Waals surface area contributed by atoms with Gasteiger partial charge in [-0.2, -0.15) is 0 Å². The lowest BCUT2D eigenvalue weighted by molar-refractivity contribution is -0.134. The maximum Gasteiger partial charge on any atom is 0.340 e. The van der Waals surface area contributed by atoms with E-state index in [-0.39, 0.29) is 17.2 Å². The van der Waals surface area contributed by atoms with Gasteiger partial charge in [-0.05, 0) is 36.8 Å².